The minimum Gasteiger partial charge on any atom is -0.497 e. The summed E-state index contributed by atoms with van der Waals surface area (Å²) in [7, 11) is 3.24. The van der Waals surface area contributed by atoms with Gasteiger partial charge in [0.2, 0.25) is 5.88 Å². The molecule has 110 valence electrons. The summed E-state index contributed by atoms with van der Waals surface area (Å²) in [6.07, 6.45) is 0. The molecule has 0 N–H and O–H groups in total. The monoisotopic (exact) mass is 302 g/mol. The molecule has 0 radical (unpaired) electrons. The van der Waals surface area contributed by atoms with Crippen LogP contribution in [0.25, 0.3) is 21.6 Å². The minimum absolute atomic E-state index is 0.542. The number of ether oxygens (including phenoxy) is 2. The fourth-order valence-corrected chi connectivity index (χ4v) is 2.57. The molecular formula is C16H18N2O2S. The summed E-state index contributed by atoms with van der Waals surface area (Å²) in [5, 5.41) is 2.01. The number of benzene rings is 1. The van der Waals surface area contributed by atoms with E-state index in [0.717, 1.165) is 27.4 Å². The Morgan fingerprint density at radius 3 is 2.38 bits per heavy atom. The Labute approximate surface area is 128 Å². The van der Waals surface area contributed by atoms with Gasteiger partial charge < -0.3 is 9.47 Å². The standard InChI is InChI=1S/C14H12N2O2S.C2H6/c1-17-9-5-6-10-11(8-9)15-13(14(16-10)18-2)12-4-3-7-19-12;1-2/h3-8H,1-2H3;1-2H3. The van der Waals surface area contributed by atoms with Crippen LogP contribution in [0.1, 0.15) is 13.8 Å². The lowest BCUT2D eigenvalue weighted by Crippen LogP contribution is -1.95. The average molecular weight is 302 g/mol. The second kappa shape index (κ2) is 7.04. The van der Waals surface area contributed by atoms with E-state index in [2.05, 4.69) is 9.97 Å². The summed E-state index contributed by atoms with van der Waals surface area (Å²) in [5.74, 6) is 1.31. The number of hydrogen-bond donors (Lipinski definition) is 0. The van der Waals surface area contributed by atoms with Crippen molar-refractivity contribution in [2.45, 2.75) is 13.8 Å². The maximum atomic E-state index is 5.34. The maximum absolute atomic E-state index is 5.34. The van der Waals surface area contributed by atoms with Gasteiger partial charge >= 0.3 is 0 Å². The Balaban J connectivity index is 0.000000774. The van der Waals surface area contributed by atoms with Gasteiger partial charge in [-0.1, -0.05) is 19.9 Å². The highest BCUT2D eigenvalue weighted by atomic mass is 32.1. The molecule has 0 unspecified atom stereocenters. The molecule has 0 bridgehead atoms. The largest absolute Gasteiger partial charge is 0.497 e. The average Bonchev–Trinajstić information content (AvgIpc) is 3.09. The fourth-order valence-electron chi connectivity index (χ4n) is 1.86. The number of nitrogens with zero attached hydrogens (tertiary/aromatic N) is 2. The lowest BCUT2D eigenvalue weighted by molar-refractivity contribution is 0.399. The van der Waals surface area contributed by atoms with Crippen molar-refractivity contribution in [2.24, 2.45) is 0 Å². The molecule has 5 heteroatoms. The van der Waals surface area contributed by atoms with Gasteiger partial charge in [-0.2, -0.15) is 0 Å². The maximum Gasteiger partial charge on any atom is 0.241 e. The van der Waals surface area contributed by atoms with Crippen LogP contribution in [0.3, 0.4) is 0 Å². The van der Waals surface area contributed by atoms with Crippen LogP contribution in [0.15, 0.2) is 35.7 Å². The predicted molar refractivity (Wildman–Crippen MR) is 87.3 cm³/mol. The number of thiophene rings is 1. The molecule has 0 saturated carbocycles. The second-order valence-electron chi connectivity index (χ2n) is 3.91. The van der Waals surface area contributed by atoms with E-state index in [9.17, 15) is 0 Å². The van der Waals surface area contributed by atoms with Gasteiger partial charge in [-0.05, 0) is 23.6 Å². The predicted octanol–water partition coefficient (Wildman–Crippen LogP) is 4.40. The smallest absolute Gasteiger partial charge is 0.241 e. The first-order valence-electron chi connectivity index (χ1n) is 6.75. The molecule has 3 aromatic rings. The Morgan fingerprint density at radius 1 is 0.952 bits per heavy atom. The topological polar surface area (TPSA) is 44.2 Å². The molecule has 0 fully saturated rings. The van der Waals surface area contributed by atoms with Crippen LogP contribution in [0.4, 0.5) is 0 Å². The molecule has 0 aliphatic carbocycles. The van der Waals surface area contributed by atoms with Crippen LogP contribution in [0.5, 0.6) is 11.6 Å². The molecule has 4 nitrogen and oxygen atoms in total. The van der Waals surface area contributed by atoms with Crippen molar-refractivity contribution in [1.82, 2.24) is 9.97 Å². The molecule has 0 aliphatic rings. The van der Waals surface area contributed by atoms with Crippen LogP contribution in [-0.4, -0.2) is 24.2 Å². The highest BCUT2D eigenvalue weighted by Crippen LogP contribution is 2.32. The first-order chi connectivity index (χ1) is 10.3. The third-order valence-corrected chi connectivity index (χ3v) is 3.66. The van der Waals surface area contributed by atoms with Gasteiger partial charge in [0.15, 0.2) is 0 Å². The highest BCUT2D eigenvalue weighted by Gasteiger charge is 2.12. The zero-order chi connectivity index (χ0) is 15.2. The Kier molecular flexibility index (Phi) is 5.11. The molecule has 0 saturated heterocycles. The van der Waals surface area contributed by atoms with Crippen molar-refractivity contribution in [3.05, 3.63) is 35.7 Å². The third kappa shape index (κ3) is 3.13. The van der Waals surface area contributed by atoms with Gasteiger partial charge in [0.25, 0.3) is 0 Å². The van der Waals surface area contributed by atoms with Crippen molar-refractivity contribution < 1.29 is 9.47 Å². The molecule has 0 spiro atoms. The highest BCUT2D eigenvalue weighted by molar-refractivity contribution is 7.13. The zero-order valence-electron chi connectivity index (χ0n) is 12.6. The fraction of sp³-hybridized carbons (Fsp3) is 0.250. The summed E-state index contributed by atoms with van der Waals surface area (Å²) in [6.45, 7) is 4.00. The molecule has 2 heterocycles. The van der Waals surface area contributed by atoms with E-state index in [0.29, 0.717) is 5.88 Å². The quantitative estimate of drug-likeness (QED) is 0.719. The normalized spacial score (nSPS) is 9.90. The number of fused-ring (bicyclic) bond motifs is 1. The molecule has 0 atom stereocenters. The van der Waals surface area contributed by atoms with E-state index < -0.39 is 0 Å². The van der Waals surface area contributed by atoms with Crippen LogP contribution in [0.2, 0.25) is 0 Å². The summed E-state index contributed by atoms with van der Waals surface area (Å²) in [4.78, 5) is 10.2. The van der Waals surface area contributed by atoms with Crippen molar-refractivity contribution in [2.75, 3.05) is 14.2 Å². The first kappa shape index (κ1) is 15.3. The van der Waals surface area contributed by atoms with E-state index in [-0.39, 0.29) is 0 Å². The van der Waals surface area contributed by atoms with E-state index in [4.69, 9.17) is 9.47 Å². The first-order valence-corrected chi connectivity index (χ1v) is 7.63. The van der Waals surface area contributed by atoms with Gasteiger partial charge in [-0.25, -0.2) is 9.97 Å². The molecule has 1 aromatic carbocycles. The SMILES string of the molecule is CC.COc1ccc2nc(OC)c(-c3cccs3)nc2c1. The molecular weight excluding hydrogens is 284 g/mol. The van der Waals surface area contributed by atoms with E-state index >= 15 is 0 Å². The second-order valence-corrected chi connectivity index (χ2v) is 4.86. The van der Waals surface area contributed by atoms with E-state index in [1.54, 1.807) is 25.6 Å². The molecule has 0 amide bonds. The number of rotatable bonds is 3. The van der Waals surface area contributed by atoms with Crippen LogP contribution in [-0.2, 0) is 0 Å². The van der Waals surface area contributed by atoms with Gasteiger partial charge in [-0.3, -0.25) is 0 Å². The summed E-state index contributed by atoms with van der Waals surface area (Å²) >= 11 is 1.61. The van der Waals surface area contributed by atoms with Crippen LogP contribution >= 0.6 is 11.3 Å². The van der Waals surface area contributed by atoms with Gasteiger partial charge in [0.05, 0.1) is 30.1 Å². The minimum atomic E-state index is 0.542. The molecule has 21 heavy (non-hydrogen) atoms. The van der Waals surface area contributed by atoms with Gasteiger partial charge in [-0.15, -0.1) is 11.3 Å². The molecule has 0 aliphatic heterocycles. The Hall–Kier alpha value is -2.14. The van der Waals surface area contributed by atoms with Gasteiger partial charge in [0.1, 0.15) is 11.4 Å². The Morgan fingerprint density at radius 2 is 1.76 bits per heavy atom. The van der Waals surface area contributed by atoms with Crippen molar-refractivity contribution in [1.29, 1.82) is 0 Å². The third-order valence-electron chi connectivity index (χ3n) is 2.79. The van der Waals surface area contributed by atoms with E-state index in [1.165, 1.54) is 0 Å². The van der Waals surface area contributed by atoms with Crippen LogP contribution in [0, 0.1) is 0 Å². The molecule has 2 aromatic heterocycles. The van der Waals surface area contributed by atoms with E-state index in [1.807, 2.05) is 49.6 Å². The van der Waals surface area contributed by atoms with Crippen molar-refractivity contribution in [3.63, 3.8) is 0 Å². The Bertz CT molecular complexity index is 712. The molecule has 3 rings (SSSR count). The lowest BCUT2D eigenvalue weighted by Gasteiger charge is -2.08. The summed E-state index contributed by atoms with van der Waals surface area (Å²) < 4.78 is 10.5. The number of aromatic nitrogens is 2. The van der Waals surface area contributed by atoms with Crippen molar-refractivity contribution in [3.8, 4) is 22.2 Å². The van der Waals surface area contributed by atoms with Gasteiger partial charge in [0, 0.05) is 6.07 Å². The summed E-state index contributed by atoms with van der Waals surface area (Å²) in [5.41, 5.74) is 2.35. The van der Waals surface area contributed by atoms with Crippen LogP contribution < -0.4 is 9.47 Å². The number of methoxy groups -OCH3 is 2. The summed E-state index contributed by atoms with van der Waals surface area (Å²) in [6, 6.07) is 9.60. The zero-order valence-corrected chi connectivity index (χ0v) is 13.4. The number of hydrogen-bond acceptors (Lipinski definition) is 5. The van der Waals surface area contributed by atoms with Crippen molar-refractivity contribution >= 4 is 22.4 Å². The lowest BCUT2D eigenvalue weighted by atomic mass is 10.2.